The molecule has 8 heteroatoms. The first-order valence-corrected chi connectivity index (χ1v) is 12.1. The molecule has 37 heavy (non-hydrogen) atoms. The molecule has 0 radical (unpaired) electrons. The number of rotatable bonds is 6. The number of benzene rings is 3. The predicted molar refractivity (Wildman–Crippen MR) is 146 cm³/mol. The zero-order valence-electron chi connectivity index (χ0n) is 21.2. The minimum atomic E-state index is -0.580. The monoisotopic (exact) mass is 496 g/mol. The zero-order valence-corrected chi connectivity index (χ0v) is 21.2. The largest absolute Gasteiger partial charge is 0.492 e. The van der Waals surface area contributed by atoms with E-state index in [9.17, 15) is 14.4 Å². The summed E-state index contributed by atoms with van der Waals surface area (Å²) in [5.41, 5.74) is 3.52. The van der Waals surface area contributed by atoms with Crippen molar-refractivity contribution in [3.05, 3.63) is 98.7 Å². The number of anilines is 1. The number of hydrogen-bond donors (Lipinski definition) is 1. The van der Waals surface area contributed by atoms with E-state index in [0.717, 1.165) is 26.6 Å². The van der Waals surface area contributed by atoms with Gasteiger partial charge in [-0.3, -0.25) is 14.2 Å². The van der Waals surface area contributed by atoms with Gasteiger partial charge in [-0.2, -0.15) is 0 Å². The van der Waals surface area contributed by atoms with E-state index < -0.39 is 17.2 Å². The highest BCUT2D eigenvalue weighted by molar-refractivity contribution is 6.06. The Morgan fingerprint density at radius 1 is 0.919 bits per heavy atom. The van der Waals surface area contributed by atoms with Crippen molar-refractivity contribution < 1.29 is 9.53 Å². The molecule has 0 aliphatic heterocycles. The number of aryl methyl sites for hydroxylation is 3. The molecule has 0 unspecified atom stereocenters. The third kappa shape index (κ3) is 4.20. The second-order valence-electron chi connectivity index (χ2n) is 9.10. The smallest absolute Gasteiger partial charge is 0.336 e. The van der Waals surface area contributed by atoms with Gasteiger partial charge in [0.25, 0.3) is 5.56 Å². The number of aromatic nitrogens is 3. The minimum absolute atomic E-state index is 0.283. The van der Waals surface area contributed by atoms with E-state index in [2.05, 4.69) is 5.32 Å². The normalized spacial score (nSPS) is 11.2. The van der Waals surface area contributed by atoms with E-state index in [4.69, 9.17) is 4.74 Å². The Kier molecular flexibility index (Phi) is 6.17. The zero-order chi connectivity index (χ0) is 26.3. The molecule has 3 aromatic carbocycles. The summed E-state index contributed by atoms with van der Waals surface area (Å²) in [6.45, 7) is 5.92. The van der Waals surface area contributed by atoms with Gasteiger partial charge in [-0.25, -0.2) is 9.36 Å². The number of fused-ring (bicyclic) bond motifs is 3. The van der Waals surface area contributed by atoms with Crippen LogP contribution in [0.1, 0.15) is 18.1 Å². The topological polar surface area (TPSA) is 87.3 Å². The second kappa shape index (κ2) is 9.46. The van der Waals surface area contributed by atoms with Crippen molar-refractivity contribution in [3.8, 4) is 11.4 Å². The fraction of sp³-hybridized carbons (Fsp3) is 0.207. The highest BCUT2D eigenvalue weighted by atomic mass is 16.5. The maximum Gasteiger partial charge on any atom is 0.336 e. The lowest BCUT2D eigenvalue weighted by molar-refractivity contribution is -0.116. The summed E-state index contributed by atoms with van der Waals surface area (Å²) in [6, 6.07) is 20.1. The summed E-state index contributed by atoms with van der Waals surface area (Å²) in [5, 5.41) is 3.61. The maximum absolute atomic E-state index is 13.9. The average Bonchev–Trinajstić information content (AvgIpc) is 3.16. The van der Waals surface area contributed by atoms with Crippen LogP contribution in [0.25, 0.3) is 27.6 Å². The lowest BCUT2D eigenvalue weighted by atomic mass is 10.1. The number of nitrogens with zero attached hydrogens (tertiary/aromatic N) is 3. The molecule has 5 rings (SSSR count). The highest BCUT2D eigenvalue weighted by Crippen LogP contribution is 2.27. The van der Waals surface area contributed by atoms with Gasteiger partial charge in [0, 0.05) is 12.4 Å². The molecule has 188 valence electrons. The number of para-hydroxylation sites is 2. The van der Waals surface area contributed by atoms with E-state index in [1.807, 2.05) is 57.2 Å². The van der Waals surface area contributed by atoms with Crippen LogP contribution in [0.5, 0.6) is 5.75 Å². The van der Waals surface area contributed by atoms with Gasteiger partial charge in [0.2, 0.25) is 5.91 Å². The third-order valence-corrected chi connectivity index (χ3v) is 6.48. The first kappa shape index (κ1) is 24.1. The van der Waals surface area contributed by atoms with Gasteiger partial charge < -0.3 is 14.6 Å². The fourth-order valence-electron chi connectivity index (χ4n) is 4.72. The number of carbonyl (C=O) groups excluding carboxylic acids is 1. The SMILES string of the molecule is CCOc1ccccc1NC(=O)Cn1c(=O)n(-c2ccc(C)cc2)c(=O)c2c1c1cc(C)ccc1n2C. The van der Waals surface area contributed by atoms with E-state index in [0.29, 0.717) is 34.8 Å². The Labute approximate surface area is 213 Å². The summed E-state index contributed by atoms with van der Waals surface area (Å²) in [6.07, 6.45) is 0. The number of nitrogens with one attached hydrogen (secondary N) is 1. The van der Waals surface area contributed by atoms with Gasteiger partial charge in [-0.05, 0) is 57.2 Å². The van der Waals surface area contributed by atoms with Crippen molar-refractivity contribution >= 4 is 33.5 Å². The first-order chi connectivity index (χ1) is 17.8. The van der Waals surface area contributed by atoms with Crippen LogP contribution in [0.4, 0.5) is 5.69 Å². The van der Waals surface area contributed by atoms with E-state index in [1.54, 1.807) is 41.9 Å². The molecule has 0 saturated carbocycles. The van der Waals surface area contributed by atoms with Crippen molar-refractivity contribution in [3.63, 3.8) is 0 Å². The van der Waals surface area contributed by atoms with E-state index >= 15 is 0 Å². The van der Waals surface area contributed by atoms with Crippen LogP contribution in [0, 0.1) is 13.8 Å². The lowest BCUT2D eigenvalue weighted by Crippen LogP contribution is -2.41. The van der Waals surface area contributed by atoms with Crippen LogP contribution in [0.2, 0.25) is 0 Å². The van der Waals surface area contributed by atoms with Crippen LogP contribution in [0.3, 0.4) is 0 Å². The molecule has 1 amide bonds. The minimum Gasteiger partial charge on any atom is -0.492 e. The Morgan fingerprint density at radius 2 is 1.62 bits per heavy atom. The number of carbonyl (C=O) groups is 1. The summed E-state index contributed by atoms with van der Waals surface area (Å²) in [4.78, 5) is 41.0. The molecule has 0 aliphatic carbocycles. The molecular formula is C29H28N4O4. The van der Waals surface area contributed by atoms with Gasteiger partial charge >= 0.3 is 5.69 Å². The number of ether oxygens (including phenoxy) is 1. The molecule has 0 saturated heterocycles. The second-order valence-corrected chi connectivity index (χ2v) is 9.10. The van der Waals surface area contributed by atoms with Crippen LogP contribution in [-0.4, -0.2) is 26.2 Å². The number of hydrogen-bond acceptors (Lipinski definition) is 4. The summed E-state index contributed by atoms with van der Waals surface area (Å²) in [7, 11) is 1.80. The molecule has 0 aliphatic rings. The Bertz CT molecular complexity index is 1780. The van der Waals surface area contributed by atoms with Crippen LogP contribution >= 0.6 is 0 Å². The highest BCUT2D eigenvalue weighted by Gasteiger charge is 2.23. The molecular weight excluding hydrogens is 468 g/mol. The first-order valence-electron chi connectivity index (χ1n) is 12.1. The Hall–Kier alpha value is -4.59. The lowest BCUT2D eigenvalue weighted by Gasteiger charge is -2.15. The molecule has 8 nitrogen and oxygen atoms in total. The number of amides is 1. The van der Waals surface area contributed by atoms with Crippen molar-refractivity contribution in [1.82, 2.24) is 13.7 Å². The van der Waals surface area contributed by atoms with Crippen molar-refractivity contribution in [2.45, 2.75) is 27.3 Å². The van der Waals surface area contributed by atoms with Crippen LogP contribution in [0.15, 0.2) is 76.3 Å². The molecule has 1 N–H and O–H groups in total. The Balaban J connectivity index is 1.74. The summed E-state index contributed by atoms with van der Waals surface area (Å²) in [5.74, 6) is 0.135. The van der Waals surface area contributed by atoms with Gasteiger partial charge in [0.15, 0.2) is 0 Å². The molecule has 0 spiro atoms. The van der Waals surface area contributed by atoms with Crippen LogP contribution in [-0.2, 0) is 18.4 Å². The summed E-state index contributed by atoms with van der Waals surface area (Å²) < 4.78 is 9.93. The molecule has 2 aromatic heterocycles. The quantitative estimate of drug-likeness (QED) is 0.380. The van der Waals surface area contributed by atoms with Crippen LogP contribution < -0.4 is 21.3 Å². The average molecular weight is 497 g/mol. The predicted octanol–water partition coefficient (Wildman–Crippen LogP) is 4.30. The fourth-order valence-corrected chi connectivity index (χ4v) is 4.72. The van der Waals surface area contributed by atoms with E-state index in [-0.39, 0.29) is 6.54 Å². The molecule has 0 fully saturated rings. The summed E-state index contributed by atoms with van der Waals surface area (Å²) >= 11 is 0. The van der Waals surface area contributed by atoms with Gasteiger partial charge in [0.05, 0.1) is 29.0 Å². The molecule has 5 aromatic rings. The van der Waals surface area contributed by atoms with Crippen molar-refractivity contribution in [1.29, 1.82) is 0 Å². The molecule has 0 bridgehead atoms. The standard InChI is InChI=1S/C29H28N4O4/c1-5-37-24-9-7-6-8-22(24)30-25(34)17-32-26-21-16-19(3)12-15-23(21)31(4)27(26)28(35)33(29(32)36)20-13-10-18(2)11-14-20/h6-16H,5,17H2,1-4H3,(H,30,34). The third-order valence-electron chi connectivity index (χ3n) is 6.48. The van der Waals surface area contributed by atoms with Crippen molar-refractivity contribution in [2.24, 2.45) is 7.05 Å². The Morgan fingerprint density at radius 3 is 2.35 bits per heavy atom. The molecule has 2 heterocycles. The van der Waals surface area contributed by atoms with Gasteiger partial charge in [-0.15, -0.1) is 0 Å². The van der Waals surface area contributed by atoms with Gasteiger partial charge in [-0.1, -0.05) is 41.5 Å². The van der Waals surface area contributed by atoms with Crippen molar-refractivity contribution in [2.75, 3.05) is 11.9 Å². The molecule has 0 atom stereocenters. The van der Waals surface area contributed by atoms with Gasteiger partial charge in [0.1, 0.15) is 17.8 Å². The van der Waals surface area contributed by atoms with E-state index in [1.165, 1.54) is 4.57 Å². The maximum atomic E-state index is 13.9.